The summed E-state index contributed by atoms with van der Waals surface area (Å²) in [5, 5.41) is 6.74. The maximum atomic E-state index is 12.3. The minimum atomic E-state index is -0.200. The van der Waals surface area contributed by atoms with E-state index >= 15 is 0 Å². The number of ether oxygens (including phenoxy) is 1. The van der Waals surface area contributed by atoms with E-state index in [-0.39, 0.29) is 6.03 Å². The monoisotopic (exact) mass is 303 g/mol. The Kier molecular flexibility index (Phi) is 5.04. The largest absolute Gasteiger partial charge is 0.494 e. The van der Waals surface area contributed by atoms with Gasteiger partial charge in [0.15, 0.2) is 0 Å². The summed E-state index contributed by atoms with van der Waals surface area (Å²) < 4.78 is 10.5. The van der Waals surface area contributed by atoms with Crippen LogP contribution in [0.15, 0.2) is 28.8 Å². The first kappa shape index (κ1) is 15.9. The molecular formula is C16H21N3O3. The molecule has 0 aliphatic heterocycles. The summed E-state index contributed by atoms with van der Waals surface area (Å²) in [6.07, 6.45) is 0. The van der Waals surface area contributed by atoms with E-state index in [0.717, 1.165) is 22.8 Å². The minimum absolute atomic E-state index is 0.200. The molecule has 6 heteroatoms. The van der Waals surface area contributed by atoms with Gasteiger partial charge in [-0.05, 0) is 32.9 Å². The summed E-state index contributed by atoms with van der Waals surface area (Å²) in [6.45, 7) is 6.65. The number of nitrogens with one attached hydrogen (secondary N) is 1. The lowest BCUT2D eigenvalue weighted by Gasteiger charge is -2.18. The van der Waals surface area contributed by atoms with E-state index in [1.54, 1.807) is 18.0 Å². The van der Waals surface area contributed by atoms with Crippen molar-refractivity contribution < 1.29 is 14.1 Å². The summed E-state index contributed by atoms with van der Waals surface area (Å²) in [5.41, 5.74) is 2.43. The lowest BCUT2D eigenvalue weighted by Crippen LogP contribution is -2.31. The van der Waals surface area contributed by atoms with Crippen molar-refractivity contribution in [2.24, 2.45) is 0 Å². The Morgan fingerprint density at radius 3 is 2.82 bits per heavy atom. The molecule has 2 rings (SSSR count). The Hall–Kier alpha value is -2.50. The Balaban J connectivity index is 2.01. The van der Waals surface area contributed by atoms with Gasteiger partial charge >= 0.3 is 6.03 Å². The van der Waals surface area contributed by atoms with E-state index < -0.39 is 0 Å². The highest BCUT2D eigenvalue weighted by Gasteiger charge is 2.15. The Morgan fingerprint density at radius 2 is 2.18 bits per heavy atom. The molecule has 0 atom stereocenters. The fraction of sp³-hybridized carbons (Fsp3) is 0.375. The van der Waals surface area contributed by atoms with Gasteiger partial charge in [0.25, 0.3) is 0 Å². The number of aryl methyl sites for hydroxylation is 2. The molecule has 0 aliphatic carbocycles. The zero-order valence-corrected chi connectivity index (χ0v) is 13.3. The highest BCUT2D eigenvalue weighted by molar-refractivity contribution is 5.89. The van der Waals surface area contributed by atoms with E-state index in [2.05, 4.69) is 10.5 Å². The first-order valence-electron chi connectivity index (χ1n) is 7.18. The predicted molar refractivity (Wildman–Crippen MR) is 84.1 cm³/mol. The fourth-order valence-corrected chi connectivity index (χ4v) is 2.09. The van der Waals surface area contributed by atoms with Gasteiger partial charge in [-0.25, -0.2) is 4.79 Å². The molecule has 0 spiro atoms. The topological polar surface area (TPSA) is 67.6 Å². The molecule has 0 bridgehead atoms. The maximum Gasteiger partial charge on any atom is 0.321 e. The summed E-state index contributed by atoms with van der Waals surface area (Å²) in [5.74, 6) is 1.46. The van der Waals surface area contributed by atoms with Crippen LogP contribution in [-0.4, -0.2) is 29.7 Å². The molecule has 2 amide bonds. The molecule has 0 unspecified atom stereocenters. The van der Waals surface area contributed by atoms with Crippen molar-refractivity contribution >= 4 is 11.7 Å². The SMILES string of the molecule is CCOc1cccc(NC(=O)N(C)Cc2c(C)noc2C)c1. The fourth-order valence-electron chi connectivity index (χ4n) is 2.09. The van der Waals surface area contributed by atoms with Gasteiger partial charge in [-0.15, -0.1) is 0 Å². The number of rotatable bonds is 5. The van der Waals surface area contributed by atoms with Crippen LogP contribution in [0.2, 0.25) is 0 Å². The van der Waals surface area contributed by atoms with Crippen molar-refractivity contribution in [3.63, 3.8) is 0 Å². The van der Waals surface area contributed by atoms with Crippen molar-refractivity contribution in [1.82, 2.24) is 10.1 Å². The summed E-state index contributed by atoms with van der Waals surface area (Å²) in [7, 11) is 1.73. The van der Waals surface area contributed by atoms with Gasteiger partial charge in [0.1, 0.15) is 11.5 Å². The molecule has 118 valence electrons. The lowest BCUT2D eigenvalue weighted by atomic mass is 10.2. The maximum absolute atomic E-state index is 12.3. The van der Waals surface area contributed by atoms with Gasteiger partial charge in [0.2, 0.25) is 0 Å². The van der Waals surface area contributed by atoms with E-state index in [1.165, 1.54) is 0 Å². The molecule has 22 heavy (non-hydrogen) atoms. The van der Waals surface area contributed by atoms with Crippen LogP contribution < -0.4 is 10.1 Å². The van der Waals surface area contributed by atoms with Crippen LogP contribution in [0.5, 0.6) is 5.75 Å². The second-order valence-electron chi connectivity index (χ2n) is 5.05. The van der Waals surface area contributed by atoms with E-state index in [0.29, 0.717) is 18.8 Å². The normalized spacial score (nSPS) is 10.4. The molecule has 6 nitrogen and oxygen atoms in total. The quantitative estimate of drug-likeness (QED) is 0.919. The first-order chi connectivity index (χ1) is 10.5. The standard InChI is InChI=1S/C16H21N3O3/c1-5-21-14-8-6-7-13(9-14)17-16(20)19(4)10-15-11(2)18-22-12(15)3/h6-9H,5,10H2,1-4H3,(H,17,20). The van der Waals surface area contributed by atoms with Crippen molar-refractivity contribution in [1.29, 1.82) is 0 Å². The van der Waals surface area contributed by atoms with Crippen molar-refractivity contribution in [3.8, 4) is 5.75 Å². The van der Waals surface area contributed by atoms with Gasteiger partial charge in [-0.1, -0.05) is 11.2 Å². The van der Waals surface area contributed by atoms with Crippen LogP contribution in [0.4, 0.5) is 10.5 Å². The average Bonchev–Trinajstić information content (AvgIpc) is 2.80. The number of anilines is 1. The van der Waals surface area contributed by atoms with Crippen LogP contribution in [-0.2, 0) is 6.54 Å². The highest BCUT2D eigenvalue weighted by atomic mass is 16.5. The van der Waals surface area contributed by atoms with Gasteiger partial charge in [-0.3, -0.25) is 0 Å². The van der Waals surface area contributed by atoms with E-state index in [9.17, 15) is 4.79 Å². The van der Waals surface area contributed by atoms with E-state index in [1.807, 2.05) is 39.0 Å². The third-order valence-corrected chi connectivity index (χ3v) is 3.32. The second-order valence-corrected chi connectivity index (χ2v) is 5.05. The number of aromatic nitrogens is 1. The number of carbonyl (C=O) groups is 1. The van der Waals surface area contributed by atoms with Crippen molar-refractivity contribution in [2.75, 3.05) is 19.0 Å². The molecule has 1 N–H and O–H groups in total. The third-order valence-electron chi connectivity index (χ3n) is 3.32. The molecule has 0 aliphatic rings. The van der Waals surface area contributed by atoms with Crippen LogP contribution in [0.25, 0.3) is 0 Å². The molecule has 1 aromatic carbocycles. The van der Waals surface area contributed by atoms with E-state index in [4.69, 9.17) is 9.26 Å². The number of hydrogen-bond acceptors (Lipinski definition) is 4. The van der Waals surface area contributed by atoms with Crippen LogP contribution >= 0.6 is 0 Å². The van der Waals surface area contributed by atoms with Crippen molar-refractivity contribution in [2.45, 2.75) is 27.3 Å². The van der Waals surface area contributed by atoms with Crippen LogP contribution in [0.3, 0.4) is 0 Å². The van der Waals surface area contributed by atoms with Gasteiger partial charge in [0.05, 0.1) is 18.8 Å². The summed E-state index contributed by atoms with van der Waals surface area (Å²) in [6, 6.07) is 7.12. The van der Waals surface area contributed by atoms with Gasteiger partial charge in [-0.2, -0.15) is 0 Å². The molecule has 0 fully saturated rings. The number of benzene rings is 1. The third kappa shape index (κ3) is 3.78. The highest BCUT2D eigenvalue weighted by Crippen LogP contribution is 2.19. The Labute approximate surface area is 130 Å². The molecule has 2 aromatic rings. The van der Waals surface area contributed by atoms with Gasteiger partial charge in [0, 0.05) is 24.4 Å². The van der Waals surface area contributed by atoms with Gasteiger partial charge < -0.3 is 19.5 Å². The number of amides is 2. The summed E-state index contributed by atoms with van der Waals surface area (Å²) in [4.78, 5) is 13.8. The molecule has 1 heterocycles. The van der Waals surface area contributed by atoms with Crippen LogP contribution in [0, 0.1) is 13.8 Å². The van der Waals surface area contributed by atoms with Crippen LogP contribution in [0.1, 0.15) is 23.9 Å². The average molecular weight is 303 g/mol. The first-order valence-corrected chi connectivity index (χ1v) is 7.18. The molecule has 0 saturated carbocycles. The predicted octanol–water partition coefficient (Wildman–Crippen LogP) is 3.35. The Morgan fingerprint density at radius 1 is 1.41 bits per heavy atom. The van der Waals surface area contributed by atoms with Crippen molar-refractivity contribution in [3.05, 3.63) is 41.3 Å². The second kappa shape index (κ2) is 6.98. The zero-order valence-electron chi connectivity index (χ0n) is 13.3. The number of carbonyl (C=O) groups excluding carboxylic acids is 1. The number of hydrogen-bond donors (Lipinski definition) is 1. The summed E-state index contributed by atoms with van der Waals surface area (Å²) >= 11 is 0. The molecule has 0 saturated heterocycles. The number of urea groups is 1. The smallest absolute Gasteiger partial charge is 0.321 e. The number of nitrogens with zero attached hydrogens (tertiary/aromatic N) is 2. The molecule has 0 radical (unpaired) electrons. The molecule has 1 aromatic heterocycles. The zero-order chi connectivity index (χ0) is 16.1. The minimum Gasteiger partial charge on any atom is -0.494 e. The lowest BCUT2D eigenvalue weighted by molar-refractivity contribution is 0.220. The molecular weight excluding hydrogens is 282 g/mol. The Bertz CT molecular complexity index is 632.